The van der Waals surface area contributed by atoms with Crippen LogP contribution in [0.1, 0.15) is 25.3 Å². The van der Waals surface area contributed by atoms with Gasteiger partial charge < -0.3 is 20.8 Å². The molecule has 0 saturated heterocycles. The number of aliphatic carboxylic acids is 1. The summed E-state index contributed by atoms with van der Waals surface area (Å²) >= 11 is 0. The summed E-state index contributed by atoms with van der Waals surface area (Å²) in [6, 6.07) is 6.48. The first kappa shape index (κ1) is 17.1. The smallest absolute Gasteiger partial charge is 0.321 e. The molecule has 0 bridgehead atoms. The third-order valence-electron chi connectivity index (χ3n) is 3.06. The van der Waals surface area contributed by atoms with Crippen molar-refractivity contribution in [3.63, 3.8) is 0 Å². The van der Waals surface area contributed by atoms with Crippen LogP contribution in [-0.4, -0.2) is 41.3 Å². The molecule has 0 fully saturated rings. The molecular formula is C15H22N2O4. The largest absolute Gasteiger partial charge is 0.480 e. The molecule has 1 aromatic carbocycles. The molecule has 0 heterocycles. The van der Waals surface area contributed by atoms with E-state index in [0.717, 1.165) is 6.42 Å². The summed E-state index contributed by atoms with van der Waals surface area (Å²) < 4.78 is 0. The fraction of sp³-hybridized carbons (Fsp3) is 0.467. The van der Waals surface area contributed by atoms with E-state index in [2.05, 4.69) is 10.6 Å². The minimum atomic E-state index is -1.08. The van der Waals surface area contributed by atoms with Crippen LogP contribution in [0.2, 0.25) is 0 Å². The summed E-state index contributed by atoms with van der Waals surface area (Å²) in [6.07, 6.45) is 1.21. The lowest BCUT2D eigenvalue weighted by molar-refractivity contribution is -0.141. The number of carbonyl (C=O) groups excluding carboxylic acids is 1. The molecule has 6 nitrogen and oxygen atoms in total. The van der Waals surface area contributed by atoms with E-state index in [1.54, 1.807) is 12.1 Å². The van der Waals surface area contributed by atoms with Crippen LogP contribution in [-0.2, 0) is 16.0 Å². The second-order valence-corrected chi connectivity index (χ2v) is 4.72. The van der Waals surface area contributed by atoms with Gasteiger partial charge in [-0.3, -0.25) is 9.59 Å². The topological polar surface area (TPSA) is 98.7 Å². The Bertz CT molecular complexity index is 459. The number of hydrogen-bond donors (Lipinski definition) is 4. The Morgan fingerprint density at radius 1 is 1.24 bits per heavy atom. The van der Waals surface area contributed by atoms with Gasteiger partial charge in [0.15, 0.2) is 0 Å². The van der Waals surface area contributed by atoms with E-state index in [-0.39, 0.29) is 18.9 Å². The van der Waals surface area contributed by atoms with Gasteiger partial charge >= 0.3 is 5.97 Å². The summed E-state index contributed by atoms with van der Waals surface area (Å²) in [5.41, 5.74) is 1.82. The van der Waals surface area contributed by atoms with E-state index in [1.807, 2.05) is 19.1 Å². The highest BCUT2D eigenvalue weighted by Gasteiger charge is 2.20. The minimum absolute atomic E-state index is 0.0185. The van der Waals surface area contributed by atoms with Gasteiger partial charge in [0.2, 0.25) is 5.91 Å². The second kappa shape index (κ2) is 9.10. The first-order valence-electron chi connectivity index (χ1n) is 7.02. The van der Waals surface area contributed by atoms with E-state index >= 15 is 0 Å². The Kier molecular flexibility index (Phi) is 7.42. The minimum Gasteiger partial charge on any atom is -0.480 e. The average molecular weight is 294 g/mol. The van der Waals surface area contributed by atoms with Crippen molar-refractivity contribution in [2.24, 2.45) is 0 Å². The number of carboxylic acids is 1. The second-order valence-electron chi connectivity index (χ2n) is 4.72. The molecule has 0 spiro atoms. The molecule has 1 unspecified atom stereocenters. The van der Waals surface area contributed by atoms with Gasteiger partial charge in [-0.1, -0.05) is 19.1 Å². The van der Waals surface area contributed by atoms with E-state index < -0.39 is 12.0 Å². The fourth-order valence-corrected chi connectivity index (χ4v) is 1.82. The number of rotatable bonds is 9. The number of aryl methyl sites for hydroxylation is 1. The lowest BCUT2D eigenvalue weighted by Crippen LogP contribution is -2.40. The molecule has 6 heteroatoms. The maximum Gasteiger partial charge on any atom is 0.321 e. The molecule has 1 atom stereocenters. The van der Waals surface area contributed by atoms with Crippen LogP contribution in [0.15, 0.2) is 24.3 Å². The lowest BCUT2D eigenvalue weighted by atomic mass is 10.1. The van der Waals surface area contributed by atoms with E-state index in [9.17, 15) is 9.59 Å². The van der Waals surface area contributed by atoms with Crippen molar-refractivity contribution in [1.82, 2.24) is 5.32 Å². The molecule has 0 aromatic heterocycles. The van der Waals surface area contributed by atoms with Crippen molar-refractivity contribution >= 4 is 17.6 Å². The highest BCUT2D eigenvalue weighted by atomic mass is 16.4. The molecule has 116 valence electrons. The van der Waals surface area contributed by atoms with Crippen LogP contribution >= 0.6 is 0 Å². The third kappa shape index (κ3) is 6.37. The van der Waals surface area contributed by atoms with Gasteiger partial charge in [-0.25, -0.2) is 0 Å². The van der Waals surface area contributed by atoms with E-state index in [4.69, 9.17) is 10.2 Å². The van der Waals surface area contributed by atoms with Gasteiger partial charge in [0.25, 0.3) is 0 Å². The molecule has 0 radical (unpaired) electrons. The fourth-order valence-electron chi connectivity index (χ4n) is 1.82. The van der Waals surface area contributed by atoms with Crippen molar-refractivity contribution in [3.8, 4) is 0 Å². The number of hydrogen-bond acceptors (Lipinski definition) is 4. The highest BCUT2D eigenvalue weighted by molar-refractivity contribution is 5.94. The maximum atomic E-state index is 11.9. The molecular weight excluding hydrogens is 272 g/mol. The van der Waals surface area contributed by atoms with Crippen LogP contribution in [0.3, 0.4) is 0 Å². The summed E-state index contributed by atoms with van der Waals surface area (Å²) in [5.74, 6) is -1.44. The predicted molar refractivity (Wildman–Crippen MR) is 80.2 cm³/mol. The molecule has 4 N–H and O–H groups in total. The zero-order valence-corrected chi connectivity index (χ0v) is 12.1. The molecule has 1 rings (SSSR count). The number of carbonyl (C=O) groups is 2. The molecule has 1 amide bonds. The molecule has 1 aromatic rings. The Morgan fingerprint density at radius 3 is 2.43 bits per heavy atom. The van der Waals surface area contributed by atoms with Crippen molar-refractivity contribution in [2.75, 3.05) is 18.5 Å². The van der Waals surface area contributed by atoms with Crippen LogP contribution in [0.4, 0.5) is 5.69 Å². The standard InChI is InChI=1S/C15H22N2O4/c1-2-11-4-6-12(7-5-11)17-14(19)10-13(15(20)21)16-8-3-9-18/h4-7,13,16,18H,2-3,8-10H2,1H3,(H,17,19)(H,20,21). The van der Waals surface area contributed by atoms with Gasteiger partial charge in [-0.15, -0.1) is 0 Å². The monoisotopic (exact) mass is 294 g/mol. The summed E-state index contributed by atoms with van der Waals surface area (Å²) in [7, 11) is 0. The number of aliphatic hydroxyl groups is 1. The van der Waals surface area contributed by atoms with Crippen LogP contribution in [0.25, 0.3) is 0 Å². The SMILES string of the molecule is CCc1ccc(NC(=O)CC(NCCCO)C(=O)O)cc1. The molecule has 0 saturated carbocycles. The molecule has 0 aliphatic carbocycles. The lowest BCUT2D eigenvalue weighted by Gasteiger charge is -2.14. The Morgan fingerprint density at radius 2 is 1.90 bits per heavy atom. The third-order valence-corrected chi connectivity index (χ3v) is 3.06. The van der Waals surface area contributed by atoms with Crippen LogP contribution in [0.5, 0.6) is 0 Å². The Balaban J connectivity index is 2.50. The van der Waals surface area contributed by atoms with Crippen LogP contribution in [0, 0.1) is 0 Å². The number of nitrogens with one attached hydrogen (secondary N) is 2. The Hall–Kier alpha value is -1.92. The number of aliphatic hydroxyl groups excluding tert-OH is 1. The van der Waals surface area contributed by atoms with Gasteiger partial charge in [0.1, 0.15) is 6.04 Å². The van der Waals surface area contributed by atoms with Crippen molar-refractivity contribution in [1.29, 1.82) is 0 Å². The number of benzene rings is 1. The van der Waals surface area contributed by atoms with Crippen molar-refractivity contribution < 1.29 is 19.8 Å². The number of carboxylic acid groups (broad SMARTS) is 1. The molecule has 0 aliphatic rings. The van der Waals surface area contributed by atoms with Gasteiger partial charge in [0, 0.05) is 12.3 Å². The van der Waals surface area contributed by atoms with Crippen LogP contribution < -0.4 is 10.6 Å². The van der Waals surface area contributed by atoms with Gasteiger partial charge in [-0.05, 0) is 37.1 Å². The highest BCUT2D eigenvalue weighted by Crippen LogP contribution is 2.10. The maximum absolute atomic E-state index is 11.9. The zero-order valence-electron chi connectivity index (χ0n) is 12.1. The number of amides is 1. The first-order chi connectivity index (χ1) is 10.1. The Labute approximate surface area is 124 Å². The average Bonchev–Trinajstić information content (AvgIpc) is 2.47. The zero-order chi connectivity index (χ0) is 15.7. The van der Waals surface area contributed by atoms with Crippen molar-refractivity contribution in [3.05, 3.63) is 29.8 Å². The first-order valence-corrected chi connectivity index (χ1v) is 7.02. The normalized spacial score (nSPS) is 11.9. The molecule has 0 aliphatic heterocycles. The summed E-state index contributed by atoms with van der Waals surface area (Å²) in [4.78, 5) is 22.9. The summed E-state index contributed by atoms with van der Waals surface area (Å²) in [6.45, 7) is 2.38. The van der Waals surface area contributed by atoms with E-state index in [0.29, 0.717) is 18.7 Å². The van der Waals surface area contributed by atoms with E-state index in [1.165, 1.54) is 5.56 Å². The van der Waals surface area contributed by atoms with Gasteiger partial charge in [0.05, 0.1) is 6.42 Å². The van der Waals surface area contributed by atoms with Crippen molar-refractivity contribution in [2.45, 2.75) is 32.2 Å². The quantitative estimate of drug-likeness (QED) is 0.509. The van der Waals surface area contributed by atoms with Gasteiger partial charge in [-0.2, -0.15) is 0 Å². The number of anilines is 1. The predicted octanol–water partition coefficient (Wildman–Crippen LogP) is 1.00. The summed E-state index contributed by atoms with van der Waals surface area (Å²) in [5, 5.41) is 23.1. The molecule has 21 heavy (non-hydrogen) atoms.